The van der Waals surface area contributed by atoms with E-state index < -0.39 is 6.10 Å². The molecular weight excluding hydrogens is 411 g/mol. The zero-order valence-corrected chi connectivity index (χ0v) is 18.3. The molecule has 2 N–H and O–H groups in total. The molecule has 1 aliphatic heterocycles. The third-order valence-electron chi connectivity index (χ3n) is 5.68. The number of nitrogens with two attached hydrogens (primary N) is 1. The molecule has 0 saturated heterocycles. The van der Waals surface area contributed by atoms with E-state index in [1.54, 1.807) is 19.3 Å². The van der Waals surface area contributed by atoms with Gasteiger partial charge in [0.05, 0.1) is 23.3 Å². The first kappa shape index (κ1) is 20.1. The number of nitrogens with zero attached hydrogens (tertiary/aromatic N) is 7. The molecule has 4 heterocycles. The Hall–Kier alpha value is -3.82. The number of nitrogen functional groups attached to an aromatic ring is 1. The molecule has 32 heavy (non-hydrogen) atoms. The second kappa shape index (κ2) is 7.40. The van der Waals surface area contributed by atoms with Crippen LogP contribution in [0.5, 0.6) is 5.88 Å². The molecule has 0 radical (unpaired) electrons. The first-order valence-electron chi connectivity index (χ1n) is 10.4. The zero-order chi connectivity index (χ0) is 22.6. The summed E-state index contributed by atoms with van der Waals surface area (Å²) in [4.78, 5) is 10.5. The highest BCUT2D eigenvalue weighted by atomic mass is 19.1. The van der Waals surface area contributed by atoms with Gasteiger partial charge in [-0.25, -0.2) is 14.4 Å². The number of rotatable bonds is 1. The molecule has 0 saturated carbocycles. The van der Waals surface area contributed by atoms with Crippen LogP contribution in [0.3, 0.4) is 0 Å². The van der Waals surface area contributed by atoms with Gasteiger partial charge in [-0.2, -0.15) is 20.1 Å². The summed E-state index contributed by atoms with van der Waals surface area (Å²) in [5.41, 5.74) is 12.2. The maximum Gasteiger partial charge on any atom is 0.258 e. The Labute approximate surface area is 184 Å². The van der Waals surface area contributed by atoms with Gasteiger partial charge in [0, 0.05) is 36.7 Å². The van der Waals surface area contributed by atoms with Gasteiger partial charge < -0.3 is 10.5 Å². The van der Waals surface area contributed by atoms with Gasteiger partial charge in [-0.15, -0.1) is 0 Å². The van der Waals surface area contributed by atoms with Crippen molar-refractivity contribution < 1.29 is 9.13 Å². The van der Waals surface area contributed by atoms with Crippen molar-refractivity contribution in [2.75, 3.05) is 5.73 Å². The van der Waals surface area contributed by atoms with Crippen molar-refractivity contribution in [3.05, 3.63) is 52.7 Å². The summed E-state index contributed by atoms with van der Waals surface area (Å²) in [5, 5.41) is 13.9. The SMILES string of the molecule is CCn1nc(C)c2c1-c1cnc(N)c(n1)O[C@H](C)c1cc(F)ccc1-c1nn(C)nc1C2. The molecule has 164 valence electrons. The summed E-state index contributed by atoms with van der Waals surface area (Å²) in [6, 6.07) is 4.57. The van der Waals surface area contributed by atoms with E-state index in [4.69, 9.17) is 15.6 Å². The third-order valence-corrected chi connectivity index (χ3v) is 5.68. The smallest absolute Gasteiger partial charge is 0.258 e. The molecule has 9 nitrogen and oxygen atoms in total. The molecule has 0 aliphatic carbocycles. The first-order chi connectivity index (χ1) is 15.4. The molecule has 1 aromatic carbocycles. The second-order valence-corrected chi connectivity index (χ2v) is 7.83. The molecule has 0 fully saturated rings. The largest absolute Gasteiger partial charge is 0.467 e. The van der Waals surface area contributed by atoms with Crippen molar-refractivity contribution in [1.29, 1.82) is 0 Å². The number of halogens is 1. The Morgan fingerprint density at radius 1 is 1.25 bits per heavy atom. The van der Waals surface area contributed by atoms with Gasteiger partial charge in [0.15, 0.2) is 5.82 Å². The van der Waals surface area contributed by atoms with Gasteiger partial charge in [0.25, 0.3) is 5.88 Å². The van der Waals surface area contributed by atoms with Crippen LogP contribution >= 0.6 is 0 Å². The van der Waals surface area contributed by atoms with E-state index >= 15 is 0 Å². The summed E-state index contributed by atoms with van der Waals surface area (Å²) in [7, 11) is 1.77. The maximum atomic E-state index is 14.2. The van der Waals surface area contributed by atoms with Crippen molar-refractivity contribution in [3.8, 4) is 28.5 Å². The lowest BCUT2D eigenvalue weighted by Crippen LogP contribution is -2.11. The minimum atomic E-state index is -0.556. The maximum absolute atomic E-state index is 14.2. The van der Waals surface area contributed by atoms with Crippen LogP contribution in [0.25, 0.3) is 22.6 Å². The van der Waals surface area contributed by atoms with Crippen molar-refractivity contribution in [2.24, 2.45) is 7.05 Å². The Kier molecular flexibility index (Phi) is 4.65. The number of aromatic nitrogens is 7. The van der Waals surface area contributed by atoms with Gasteiger partial charge in [0.2, 0.25) is 0 Å². The molecule has 1 atom stereocenters. The minimum absolute atomic E-state index is 0.164. The highest BCUT2D eigenvalue weighted by Crippen LogP contribution is 2.37. The average Bonchev–Trinajstić information content (AvgIpc) is 3.28. The van der Waals surface area contributed by atoms with Crippen LogP contribution < -0.4 is 10.5 Å². The second-order valence-electron chi connectivity index (χ2n) is 7.83. The Balaban J connectivity index is 1.84. The van der Waals surface area contributed by atoms with Gasteiger partial charge in [-0.1, -0.05) is 0 Å². The molecule has 10 heteroatoms. The number of hydrogen-bond acceptors (Lipinski definition) is 7. The Morgan fingerprint density at radius 2 is 2.06 bits per heavy atom. The van der Waals surface area contributed by atoms with Gasteiger partial charge in [-0.05, 0) is 39.0 Å². The van der Waals surface area contributed by atoms with Gasteiger partial charge >= 0.3 is 0 Å². The number of ether oxygens (including phenoxy) is 1. The molecule has 3 aromatic heterocycles. The molecule has 0 amide bonds. The molecule has 1 aliphatic rings. The van der Waals surface area contributed by atoms with Gasteiger partial charge in [0.1, 0.15) is 23.3 Å². The van der Waals surface area contributed by atoms with E-state index in [1.807, 2.05) is 25.5 Å². The fourth-order valence-corrected chi connectivity index (χ4v) is 4.19. The normalized spacial score (nSPS) is 15.1. The molecule has 0 spiro atoms. The molecule has 2 bridgehead atoms. The standard InChI is InChI=1S/C22H23FN8O/c1-5-31-20-15(11(2)27-31)9-17-19(29-30(4)28-17)14-7-6-13(23)8-16(14)12(3)32-22-21(24)25-10-18(20)26-22/h6-8,10,12H,5,9H2,1-4H3,(H2,24,25)/t12-/m1/s1. The van der Waals surface area contributed by atoms with Crippen molar-refractivity contribution >= 4 is 5.82 Å². The molecule has 0 unspecified atom stereocenters. The monoisotopic (exact) mass is 434 g/mol. The number of aryl methyl sites for hydroxylation is 3. The molecular formula is C22H23FN8O. The van der Waals surface area contributed by atoms with Crippen LogP contribution in [0.4, 0.5) is 10.2 Å². The summed E-state index contributed by atoms with van der Waals surface area (Å²) in [6.07, 6.45) is 1.55. The number of benzene rings is 1. The predicted molar refractivity (Wildman–Crippen MR) is 116 cm³/mol. The van der Waals surface area contributed by atoms with Crippen molar-refractivity contribution in [3.63, 3.8) is 0 Å². The highest BCUT2D eigenvalue weighted by molar-refractivity contribution is 5.69. The van der Waals surface area contributed by atoms with E-state index in [1.165, 1.54) is 16.9 Å². The first-order valence-corrected chi connectivity index (χ1v) is 10.4. The summed E-state index contributed by atoms with van der Waals surface area (Å²) in [5.74, 6) is -0.0128. The van der Waals surface area contributed by atoms with E-state index in [9.17, 15) is 4.39 Å². The summed E-state index contributed by atoms with van der Waals surface area (Å²) >= 11 is 0. The molecule has 4 aromatic rings. The Bertz CT molecular complexity index is 1340. The fraction of sp³-hybridized carbons (Fsp3) is 0.318. The molecule has 5 rings (SSSR count). The van der Waals surface area contributed by atoms with E-state index in [2.05, 4.69) is 20.2 Å². The third kappa shape index (κ3) is 3.19. The number of hydrogen-bond donors (Lipinski definition) is 1. The van der Waals surface area contributed by atoms with Crippen LogP contribution in [0.15, 0.2) is 24.4 Å². The Morgan fingerprint density at radius 3 is 2.84 bits per heavy atom. The predicted octanol–water partition coefficient (Wildman–Crippen LogP) is 3.23. The van der Waals surface area contributed by atoms with Crippen molar-refractivity contribution in [2.45, 2.75) is 39.8 Å². The highest BCUT2D eigenvalue weighted by Gasteiger charge is 2.26. The lowest BCUT2D eigenvalue weighted by atomic mass is 9.96. The number of anilines is 1. The number of fused-ring (bicyclic) bond motifs is 7. The summed E-state index contributed by atoms with van der Waals surface area (Å²) < 4.78 is 22.2. The minimum Gasteiger partial charge on any atom is -0.467 e. The zero-order valence-electron chi connectivity index (χ0n) is 18.3. The van der Waals surface area contributed by atoms with Crippen LogP contribution in [0.1, 0.15) is 42.5 Å². The average molecular weight is 434 g/mol. The van der Waals surface area contributed by atoms with E-state index in [-0.39, 0.29) is 17.5 Å². The van der Waals surface area contributed by atoms with Crippen molar-refractivity contribution in [1.82, 2.24) is 34.7 Å². The van der Waals surface area contributed by atoms with Gasteiger partial charge in [-0.3, -0.25) is 4.68 Å². The quantitative estimate of drug-likeness (QED) is 0.490. The van der Waals surface area contributed by atoms with Crippen LogP contribution in [-0.4, -0.2) is 34.7 Å². The summed E-state index contributed by atoms with van der Waals surface area (Å²) in [6.45, 7) is 6.45. The van der Waals surface area contributed by atoms with E-state index in [0.717, 1.165) is 28.2 Å². The fourth-order valence-electron chi connectivity index (χ4n) is 4.19. The van der Waals surface area contributed by atoms with Crippen LogP contribution in [0.2, 0.25) is 0 Å². The topological polar surface area (TPSA) is 110 Å². The van der Waals surface area contributed by atoms with Crippen LogP contribution in [0, 0.1) is 12.7 Å². The lowest BCUT2D eigenvalue weighted by Gasteiger charge is -2.20. The lowest BCUT2D eigenvalue weighted by molar-refractivity contribution is 0.218. The van der Waals surface area contributed by atoms with Crippen LogP contribution in [-0.2, 0) is 20.0 Å². The van der Waals surface area contributed by atoms with E-state index in [0.29, 0.717) is 29.9 Å².